The van der Waals surface area contributed by atoms with Crippen LogP contribution in [0.4, 0.5) is 11.4 Å². The molecule has 0 bridgehead atoms. The number of amides is 2. The van der Waals surface area contributed by atoms with Crippen molar-refractivity contribution in [2.75, 3.05) is 30.5 Å². The van der Waals surface area contributed by atoms with Crippen LogP contribution in [0, 0.1) is 0 Å². The lowest BCUT2D eigenvalue weighted by atomic mass is 10.2. The van der Waals surface area contributed by atoms with E-state index >= 15 is 0 Å². The molecule has 0 aliphatic carbocycles. The van der Waals surface area contributed by atoms with Gasteiger partial charge in [-0.1, -0.05) is 6.92 Å². The zero-order valence-corrected chi connectivity index (χ0v) is 18.0. The molecule has 0 aliphatic rings. The minimum absolute atomic E-state index is 0.0216. The summed E-state index contributed by atoms with van der Waals surface area (Å²) >= 11 is 5.21. The summed E-state index contributed by atoms with van der Waals surface area (Å²) in [5, 5.41) is 8.58. The van der Waals surface area contributed by atoms with Crippen molar-refractivity contribution >= 4 is 40.5 Å². The van der Waals surface area contributed by atoms with Crippen LogP contribution in [0.15, 0.2) is 48.5 Å². The van der Waals surface area contributed by atoms with Crippen LogP contribution >= 0.6 is 12.2 Å². The van der Waals surface area contributed by atoms with Gasteiger partial charge in [-0.15, -0.1) is 0 Å². The van der Waals surface area contributed by atoms with Gasteiger partial charge in [0.05, 0.1) is 6.61 Å². The van der Waals surface area contributed by atoms with E-state index in [0.29, 0.717) is 48.9 Å². The van der Waals surface area contributed by atoms with E-state index in [4.69, 9.17) is 21.7 Å². The van der Waals surface area contributed by atoms with E-state index in [1.807, 2.05) is 13.8 Å². The number of rotatable bonds is 10. The summed E-state index contributed by atoms with van der Waals surface area (Å²) in [5.74, 6) is 0.321. The highest BCUT2D eigenvalue weighted by Crippen LogP contribution is 2.15. The molecule has 2 aromatic carbocycles. The summed E-state index contributed by atoms with van der Waals surface area (Å²) in [6.07, 6.45) is 1.28. The molecular formula is C22H27N3O4S. The first-order valence-electron chi connectivity index (χ1n) is 9.84. The van der Waals surface area contributed by atoms with Gasteiger partial charge in [0.1, 0.15) is 12.4 Å². The summed E-state index contributed by atoms with van der Waals surface area (Å²) in [7, 11) is 0. The van der Waals surface area contributed by atoms with Gasteiger partial charge in [0.15, 0.2) is 5.11 Å². The second kappa shape index (κ2) is 12.6. The van der Waals surface area contributed by atoms with Gasteiger partial charge in [-0.3, -0.25) is 14.9 Å². The first-order valence-corrected chi connectivity index (χ1v) is 10.3. The van der Waals surface area contributed by atoms with Crippen LogP contribution < -0.4 is 20.7 Å². The molecule has 0 spiro atoms. The van der Waals surface area contributed by atoms with Crippen LogP contribution in [0.1, 0.15) is 37.0 Å². The van der Waals surface area contributed by atoms with E-state index in [9.17, 15) is 9.59 Å². The van der Waals surface area contributed by atoms with Crippen molar-refractivity contribution in [2.24, 2.45) is 0 Å². The Hall–Kier alpha value is -2.97. The molecular weight excluding hydrogens is 402 g/mol. The second-order valence-electron chi connectivity index (χ2n) is 6.35. The first-order chi connectivity index (χ1) is 14.5. The molecule has 2 amide bonds. The van der Waals surface area contributed by atoms with Crippen molar-refractivity contribution < 1.29 is 19.1 Å². The van der Waals surface area contributed by atoms with Gasteiger partial charge >= 0.3 is 0 Å². The molecule has 0 fully saturated rings. The molecule has 0 radical (unpaired) electrons. The van der Waals surface area contributed by atoms with Crippen molar-refractivity contribution in [2.45, 2.75) is 26.7 Å². The third-order valence-corrected chi connectivity index (χ3v) is 4.15. The SMILES string of the molecule is CCCC(=O)Nc1ccc(NC(=S)NC(=O)c2ccc(OCCOCC)cc2)cc1. The van der Waals surface area contributed by atoms with E-state index < -0.39 is 0 Å². The van der Waals surface area contributed by atoms with E-state index in [2.05, 4.69) is 16.0 Å². The average Bonchev–Trinajstić information content (AvgIpc) is 2.73. The quantitative estimate of drug-likeness (QED) is 0.391. The van der Waals surface area contributed by atoms with E-state index in [0.717, 1.165) is 6.42 Å². The van der Waals surface area contributed by atoms with Gasteiger partial charge in [-0.05, 0) is 74.1 Å². The summed E-state index contributed by atoms with van der Waals surface area (Å²) in [6, 6.07) is 13.9. The Kier molecular flexibility index (Phi) is 9.76. The Balaban J connectivity index is 1.81. The number of nitrogens with one attached hydrogen (secondary N) is 3. The summed E-state index contributed by atoms with van der Waals surface area (Å²) in [4.78, 5) is 24.0. The van der Waals surface area contributed by atoms with Gasteiger partial charge in [-0.25, -0.2) is 0 Å². The molecule has 2 aromatic rings. The molecule has 30 heavy (non-hydrogen) atoms. The maximum Gasteiger partial charge on any atom is 0.257 e. The molecule has 0 aromatic heterocycles. The van der Waals surface area contributed by atoms with Crippen molar-refractivity contribution in [1.82, 2.24) is 5.32 Å². The lowest BCUT2D eigenvalue weighted by Gasteiger charge is -2.11. The molecule has 8 heteroatoms. The Morgan fingerprint density at radius 3 is 2.13 bits per heavy atom. The van der Waals surface area contributed by atoms with Crippen LogP contribution in [-0.2, 0) is 9.53 Å². The van der Waals surface area contributed by atoms with Crippen molar-refractivity contribution in [1.29, 1.82) is 0 Å². The summed E-state index contributed by atoms with van der Waals surface area (Å²) in [5.41, 5.74) is 1.87. The first kappa shape index (κ1) is 23.3. The number of carbonyl (C=O) groups is 2. The van der Waals surface area contributed by atoms with Crippen LogP contribution in [0.5, 0.6) is 5.75 Å². The minimum atomic E-state index is -0.322. The highest BCUT2D eigenvalue weighted by atomic mass is 32.1. The topological polar surface area (TPSA) is 88.7 Å². The maximum absolute atomic E-state index is 12.3. The molecule has 7 nitrogen and oxygen atoms in total. The van der Waals surface area contributed by atoms with Gasteiger partial charge in [0.25, 0.3) is 5.91 Å². The zero-order valence-electron chi connectivity index (χ0n) is 17.2. The highest BCUT2D eigenvalue weighted by molar-refractivity contribution is 7.80. The monoisotopic (exact) mass is 429 g/mol. The molecule has 0 atom stereocenters. The fourth-order valence-corrected chi connectivity index (χ4v) is 2.70. The van der Waals surface area contributed by atoms with Crippen LogP contribution in [-0.4, -0.2) is 36.7 Å². The van der Waals surface area contributed by atoms with Crippen LogP contribution in [0.25, 0.3) is 0 Å². The van der Waals surface area contributed by atoms with E-state index in [1.165, 1.54) is 0 Å². The van der Waals surface area contributed by atoms with Crippen molar-refractivity contribution in [3.8, 4) is 5.75 Å². The number of hydrogen-bond donors (Lipinski definition) is 3. The molecule has 2 rings (SSSR count). The van der Waals surface area contributed by atoms with Crippen molar-refractivity contribution in [3.63, 3.8) is 0 Å². The van der Waals surface area contributed by atoms with Crippen molar-refractivity contribution in [3.05, 3.63) is 54.1 Å². The third-order valence-electron chi connectivity index (χ3n) is 3.95. The molecule has 0 unspecified atom stereocenters. The number of thiocarbonyl (C=S) groups is 1. The fraction of sp³-hybridized carbons (Fsp3) is 0.318. The van der Waals surface area contributed by atoms with Crippen LogP contribution in [0.2, 0.25) is 0 Å². The van der Waals surface area contributed by atoms with E-state index in [-0.39, 0.29) is 16.9 Å². The van der Waals surface area contributed by atoms with Gasteiger partial charge < -0.3 is 20.1 Å². The van der Waals surface area contributed by atoms with Crippen LogP contribution in [0.3, 0.4) is 0 Å². The number of ether oxygens (including phenoxy) is 2. The third kappa shape index (κ3) is 8.18. The zero-order chi connectivity index (χ0) is 21.8. The maximum atomic E-state index is 12.3. The molecule has 3 N–H and O–H groups in total. The second-order valence-corrected chi connectivity index (χ2v) is 6.76. The van der Waals surface area contributed by atoms with E-state index in [1.54, 1.807) is 48.5 Å². The lowest BCUT2D eigenvalue weighted by molar-refractivity contribution is -0.116. The molecule has 0 saturated heterocycles. The molecule has 160 valence electrons. The predicted molar refractivity (Wildman–Crippen MR) is 122 cm³/mol. The average molecular weight is 430 g/mol. The number of hydrogen-bond acceptors (Lipinski definition) is 5. The Bertz CT molecular complexity index is 838. The number of benzene rings is 2. The normalized spacial score (nSPS) is 10.2. The lowest BCUT2D eigenvalue weighted by Crippen LogP contribution is -2.34. The standard InChI is InChI=1S/C22H27N3O4S/c1-3-5-20(26)23-17-8-10-18(11-9-17)24-22(30)25-21(27)16-6-12-19(13-7-16)29-15-14-28-4-2/h6-13H,3-5,14-15H2,1-2H3,(H,23,26)(H2,24,25,27,30). The predicted octanol–water partition coefficient (Wildman–Crippen LogP) is 3.97. The van der Waals surface area contributed by atoms with Gasteiger partial charge in [-0.2, -0.15) is 0 Å². The Morgan fingerprint density at radius 1 is 0.900 bits per heavy atom. The largest absolute Gasteiger partial charge is 0.491 e. The summed E-state index contributed by atoms with van der Waals surface area (Å²) < 4.78 is 10.7. The fourth-order valence-electron chi connectivity index (χ4n) is 2.49. The molecule has 0 saturated carbocycles. The van der Waals surface area contributed by atoms with Gasteiger partial charge in [0.2, 0.25) is 5.91 Å². The Morgan fingerprint density at radius 2 is 1.53 bits per heavy atom. The number of anilines is 2. The van der Waals surface area contributed by atoms with Gasteiger partial charge in [0, 0.05) is 30.0 Å². The highest BCUT2D eigenvalue weighted by Gasteiger charge is 2.09. The molecule has 0 aliphatic heterocycles. The molecule has 0 heterocycles. The number of carbonyl (C=O) groups excluding carboxylic acids is 2. The Labute approximate surface area is 182 Å². The minimum Gasteiger partial charge on any atom is -0.491 e. The summed E-state index contributed by atoms with van der Waals surface area (Å²) in [6.45, 7) is 5.50. The smallest absolute Gasteiger partial charge is 0.257 e.